The Labute approximate surface area is 190 Å². The van der Waals surface area contributed by atoms with Crippen molar-refractivity contribution in [3.63, 3.8) is 0 Å². The fourth-order valence-electron chi connectivity index (χ4n) is 3.71. The molecule has 0 amide bonds. The van der Waals surface area contributed by atoms with E-state index in [1.165, 1.54) is 42.5 Å². The van der Waals surface area contributed by atoms with E-state index in [9.17, 15) is 23.6 Å². The molecule has 2 heterocycles. The second-order valence-electron chi connectivity index (χ2n) is 7.08. The summed E-state index contributed by atoms with van der Waals surface area (Å²) in [5.41, 5.74) is 5.62. The maximum atomic E-state index is 14.8. The van der Waals surface area contributed by atoms with Gasteiger partial charge in [-0.1, -0.05) is 36.4 Å². The van der Waals surface area contributed by atoms with Crippen LogP contribution in [0.5, 0.6) is 0 Å². The summed E-state index contributed by atoms with van der Waals surface area (Å²) in [6, 6.07) is 13.6. The van der Waals surface area contributed by atoms with Gasteiger partial charge in [-0.25, -0.2) is 13.6 Å². The van der Waals surface area contributed by atoms with E-state index in [4.69, 9.17) is 10.5 Å². The van der Waals surface area contributed by atoms with Gasteiger partial charge in [0.05, 0.1) is 34.3 Å². The molecule has 166 valence electrons. The maximum absolute atomic E-state index is 14.8. The summed E-state index contributed by atoms with van der Waals surface area (Å²) in [5, 5.41) is 10.0. The molecule has 0 aliphatic carbocycles. The Kier molecular flexibility index (Phi) is 5.94. The minimum Gasteiger partial charge on any atom is -0.463 e. The monoisotopic (exact) mass is 465 g/mol. The van der Waals surface area contributed by atoms with Gasteiger partial charge in [-0.3, -0.25) is 9.36 Å². The van der Waals surface area contributed by atoms with Crippen LogP contribution in [0.2, 0.25) is 0 Å². The van der Waals surface area contributed by atoms with E-state index in [-0.39, 0.29) is 43.9 Å². The standard InChI is InChI=1S/C24H17F2N3O3S/c1-2-32-24(31)20-19(14-8-4-6-10-17(14)26)15(12-27)23-29(21(20)28)22(30)18(33-23)11-13-7-3-5-9-16(13)25/h3-11,19H,2,28H2,1H3/b18-11-/t19-/m1/s1. The molecular formula is C24H17F2N3O3S. The van der Waals surface area contributed by atoms with Crippen molar-refractivity contribution in [2.24, 2.45) is 5.73 Å². The highest BCUT2D eigenvalue weighted by Gasteiger charge is 2.37. The highest BCUT2D eigenvalue weighted by Crippen LogP contribution is 2.37. The first-order chi connectivity index (χ1) is 15.9. The van der Waals surface area contributed by atoms with E-state index in [0.29, 0.717) is 0 Å². The van der Waals surface area contributed by atoms with Crippen LogP contribution in [0.15, 0.2) is 58.9 Å². The number of nitriles is 1. The van der Waals surface area contributed by atoms with Crippen LogP contribution < -0.4 is 20.5 Å². The second-order valence-corrected chi connectivity index (χ2v) is 8.11. The molecule has 33 heavy (non-hydrogen) atoms. The van der Waals surface area contributed by atoms with E-state index in [0.717, 1.165) is 15.9 Å². The van der Waals surface area contributed by atoms with Gasteiger partial charge in [-0.2, -0.15) is 5.26 Å². The van der Waals surface area contributed by atoms with Crippen molar-refractivity contribution in [3.05, 3.63) is 96.4 Å². The average Bonchev–Trinajstić information content (AvgIpc) is 3.12. The summed E-state index contributed by atoms with van der Waals surface area (Å²) < 4.78 is 35.3. The number of hydrogen-bond acceptors (Lipinski definition) is 6. The van der Waals surface area contributed by atoms with Crippen LogP contribution in [0.1, 0.15) is 24.0 Å². The van der Waals surface area contributed by atoms with Gasteiger partial charge in [0.1, 0.15) is 22.1 Å². The Hall–Kier alpha value is -4.03. The normalized spacial score (nSPS) is 15.9. The van der Waals surface area contributed by atoms with Gasteiger partial charge in [0.2, 0.25) is 0 Å². The molecule has 2 N–H and O–H groups in total. The topological polar surface area (TPSA) is 98.1 Å². The summed E-state index contributed by atoms with van der Waals surface area (Å²) in [6.45, 7) is 1.60. The first kappa shape index (κ1) is 22.2. The highest BCUT2D eigenvalue weighted by atomic mass is 32.1. The van der Waals surface area contributed by atoms with Crippen molar-refractivity contribution >= 4 is 34.8 Å². The largest absolute Gasteiger partial charge is 0.463 e. The molecular weight excluding hydrogens is 448 g/mol. The third-order valence-electron chi connectivity index (χ3n) is 5.17. The summed E-state index contributed by atoms with van der Waals surface area (Å²) in [5.74, 6) is -3.47. The minimum absolute atomic E-state index is 0.0131. The Balaban J connectivity index is 2.11. The van der Waals surface area contributed by atoms with Crippen LogP contribution in [0.3, 0.4) is 0 Å². The third-order valence-corrected chi connectivity index (χ3v) is 6.28. The van der Waals surface area contributed by atoms with Crippen LogP contribution in [-0.2, 0) is 9.53 Å². The van der Waals surface area contributed by atoms with Crippen LogP contribution in [-0.4, -0.2) is 17.1 Å². The molecule has 0 saturated carbocycles. The first-order valence-electron chi connectivity index (χ1n) is 9.93. The summed E-state index contributed by atoms with van der Waals surface area (Å²) in [7, 11) is 0. The molecule has 1 aliphatic rings. The average molecular weight is 465 g/mol. The zero-order valence-electron chi connectivity index (χ0n) is 17.3. The highest BCUT2D eigenvalue weighted by molar-refractivity contribution is 7.07. The molecule has 9 heteroatoms. The van der Waals surface area contributed by atoms with Gasteiger partial charge in [-0.15, -0.1) is 11.3 Å². The van der Waals surface area contributed by atoms with Gasteiger partial charge in [0, 0.05) is 11.1 Å². The van der Waals surface area contributed by atoms with Crippen molar-refractivity contribution in [2.75, 3.05) is 6.61 Å². The second kappa shape index (κ2) is 8.84. The predicted octanol–water partition coefficient (Wildman–Crippen LogP) is 2.18. The SMILES string of the molecule is CCOC(=O)C1=C(N)n2c(s/c(=C\c3ccccc3F)c2=O)=C(C#N)[C@H]1c1ccccc1F. The molecule has 1 aliphatic heterocycles. The minimum atomic E-state index is -1.17. The van der Waals surface area contributed by atoms with Gasteiger partial charge >= 0.3 is 5.97 Å². The number of fused-ring (bicyclic) bond motifs is 1. The van der Waals surface area contributed by atoms with Gasteiger partial charge in [-0.05, 0) is 25.1 Å². The van der Waals surface area contributed by atoms with E-state index in [2.05, 4.69) is 0 Å². The molecule has 2 aromatic carbocycles. The van der Waals surface area contributed by atoms with E-state index >= 15 is 0 Å². The Morgan fingerprint density at radius 2 is 1.88 bits per heavy atom. The molecule has 1 atom stereocenters. The molecule has 1 aromatic heterocycles. The Morgan fingerprint density at radius 3 is 2.52 bits per heavy atom. The van der Waals surface area contributed by atoms with Crippen LogP contribution in [0, 0.1) is 23.0 Å². The number of ether oxygens (including phenoxy) is 1. The number of carbonyl (C=O) groups is 1. The lowest BCUT2D eigenvalue weighted by atomic mass is 9.83. The maximum Gasteiger partial charge on any atom is 0.338 e. The molecule has 0 fully saturated rings. The number of rotatable bonds is 4. The van der Waals surface area contributed by atoms with Crippen LogP contribution in [0.25, 0.3) is 17.5 Å². The van der Waals surface area contributed by atoms with E-state index < -0.39 is 29.1 Å². The Bertz CT molecular complexity index is 1530. The van der Waals surface area contributed by atoms with Crippen molar-refractivity contribution in [1.29, 1.82) is 5.26 Å². The number of carbonyl (C=O) groups excluding carboxylic acids is 1. The number of nitrogens with two attached hydrogens (primary N) is 1. The lowest BCUT2D eigenvalue weighted by Gasteiger charge is -2.25. The summed E-state index contributed by atoms with van der Waals surface area (Å²) in [6.07, 6.45) is 1.35. The molecule has 0 bridgehead atoms. The molecule has 0 unspecified atom stereocenters. The smallest absolute Gasteiger partial charge is 0.338 e. The molecule has 0 saturated heterocycles. The van der Waals surface area contributed by atoms with Crippen LogP contribution in [0.4, 0.5) is 8.78 Å². The lowest BCUT2D eigenvalue weighted by molar-refractivity contribution is -0.138. The Morgan fingerprint density at radius 1 is 1.21 bits per heavy atom. The molecule has 0 spiro atoms. The van der Waals surface area contributed by atoms with Crippen molar-refractivity contribution < 1.29 is 18.3 Å². The number of aromatic nitrogens is 1. The number of benzene rings is 2. The number of hydrogen-bond donors (Lipinski definition) is 1. The number of nitrogens with zero attached hydrogens (tertiary/aromatic N) is 2. The molecule has 4 rings (SSSR count). The first-order valence-corrected chi connectivity index (χ1v) is 10.7. The molecule has 0 radical (unpaired) electrons. The quantitative estimate of drug-likeness (QED) is 0.596. The van der Waals surface area contributed by atoms with Crippen molar-refractivity contribution in [2.45, 2.75) is 12.8 Å². The molecule has 6 nitrogen and oxygen atoms in total. The summed E-state index contributed by atoms with van der Waals surface area (Å²) >= 11 is 0.913. The molecule has 3 aromatic rings. The van der Waals surface area contributed by atoms with Gasteiger partial charge in [0.15, 0.2) is 0 Å². The number of halogens is 2. The number of esters is 1. The fraction of sp³-hybridized carbons (Fsp3) is 0.125. The summed E-state index contributed by atoms with van der Waals surface area (Å²) in [4.78, 5) is 26.0. The van der Waals surface area contributed by atoms with Crippen molar-refractivity contribution in [1.82, 2.24) is 4.57 Å². The lowest BCUT2D eigenvalue weighted by Crippen LogP contribution is -2.40. The van der Waals surface area contributed by atoms with Gasteiger partial charge < -0.3 is 10.5 Å². The third kappa shape index (κ3) is 3.75. The predicted molar refractivity (Wildman–Crippen MR) is 120 cm³/mol. The van der Waals surface area contributed by atoms with E-state index in [1.807, 2.05) is 6.07 Å². The van der Waals surface area contributed by atoms with E-state index in [1.54, 1.807) is 19.1 Å². The fourth-order valence-corrected chi connectivity index (χ4v) is 4.83. The number of thiazole rings is 1. The van der Waals surface area contributed by atoms with Crippen molar-refractivity contribution in [3.8, 4) is 6.07 Å². The zero-order chi connectivity index (χ0) is 23.7. The zero-order valence-corrected chi connectivity index (χ0v) is 18.2. The van der Waals surface area contributed by atoms with Crippen LogP contribution >= 0.6 is 11.3 Å². The van der Waals surface area contributed by atoms with Gasteiger partial charge in [0.25, 0.3) is 5.56 Å².